The third-order valence-corrected chi connectivity index (χ3v) is 5.22. The molecule has 2 atom stereocenters. The maximum atomic E-state index is 2.79. The molecule has 0 radical (unpaired) electrons. The van der Waals surface area contributed by atoms with Gasteiger partial charge in [0, 0.05) is 25.7 Å². The largest absolute Gasteiger partial charge is 0.300 e. The molecule has 0 unspecified atom stereocenters. The van der Waals surface area contributed by atoms with Gasteiger partial charge >= 0.3 is 0 Å². The number of piperidine rings is 2. The molecule has 0 aromatic heterocycles. The zero-order valence-corrected chi connectivity index (χ0v) is 13.7. The highest BCUT2D eigenvalue weighted by molar-refractivity contribution is 5.14. The average molecular weight is 286 g/mol. The molecule has 1 aromatic rings. The van der Waals surface area contributed by atoms with Gasteiger partial charge in [-0.1, -0.05) is 44.2 Å². The molecule has 2 heteroatoms. The van der Waals surface area contributed by atoms with E-state index in [-0.39, 0.29) is 0 Å². The fraction of sp³-hybridized carbons (Fsp3) is 0.684. The first-order valence-corrected chi connectivity index (χ1v) is 8.71. The van der Waals surface area contributed by atoms with Gasteiger partial charge in [-0.2, -0.15) is 0 Å². The minimum Gasteiger partial charge on any atom is -0.300 e. The summed E-state index contributed by atoms with van der Waals surface area (Å²) in [7, 11) is 0. The smallest absolute Gasteiger partial charge is 0.0233 e. The number of nitrogens with zero attached hydrogens (tertiary/aromatic N) is 2. The normalized spacial score (nSPS) is 29.6. The van der Waals surface area contributed by atoms with Crippen LogP contribution < -0.4 is 0 Å². The molecule has 2 nitrogen and oxygen atoms in total. The van der Waals surface area contributed by atoms with Crippen molar-refractivity contribution in [2.24, 2.45) is 11.8 Å². The van der Waals surface area contributed by atoms with Crippen LogP contribution in [0.1, 0.15) is 38.7 Å². The predicted molar refractivity (Wildman–Crippen MR) is 89.3 cm³/mol. The molecule has 2 aliphatic heterocycles. The quantitative estimate of drug-likeness (QED) is 0.837. The predicted octanol–water partition coefficient (Wildman–Crippen LogP) is 3.63. The van der Waals surface area contributed by atoms with Gasteiger partial charge < -0.3 is 0 Å². The van der Waals surface area contributed by atoms with Gasteiger partial charge in [-0.25, -0.2) is 0 Å². The molecule has 0 spiro atoms. The molecule has 0 N–H and O–H groups in total. The third-order valence-electron chi connectivity index (χ3n) is 5.22. The Hall–Kier alpha value is -0.860. The van der Waals surface area contributed by atoms with Crippen LogP contribution in [-0.2, 0) is 6.54 Å². The molecular weight excluding hydrogens is 256 g/mol. The Bertz CT molecular complexity index is 412. The van der Waals surface area contributed by atoms with E-state index in [2.05, 4.69) is 54.0 Å². The van der Waals surface area contributed by atoms with Crippen LogP contribution in [0.5, 0.6) is 0 Å². The van der Waals surface area contributed by atoms with Crippen molar-refractivity contribution in [2.45, 2.75) is 45.7 Å². The minimum atomic E-state index is 0.835. The lowest BCUT2D eigenvalue weighted by Gasteiger charge is -2.43. The lowest BCUT2D eigenvalue weighted by molar-refractivity contribution is 0.0530. The molecular formula is C19H30N2. The SMILES string of the molecule is C[C@H]1C[C@H](C)CN(C2CCN(Cc3ccccc3)CC2)C1. The fourth-order valence-electron chi connectivity index (χ4n) is 4.29. The molecule has 0 bridgehead atoms. The zero-order valence-electron chi connectivity index (χ0n) is 13.7. The van der Waals surface area contributed by atoms with Crippen LogP contribution in [-0.4, -0.2) is 42.0 Å². The van der Waals surface area contributed by atoms with Gasteiger partial charge in [0.05, 0.1) is 0 Å². The first-order chi connectivity index (χ1) is 10.2. The molecule has 116 valence electrons. The molecule has 2 saturated heterocycles. The van der Waals surface area contributed by atoms with Gasteiger partial charge in [0.25, 0.3) is 0 Å². The summed E-state index contributed by atoms with van der Waals surface area (Å²) in [5.41, 5.74) is 1.45. The van der Waals surface area contributed by atoms with Crippen LogP contribution in [0.25, 0.3) is 0 Å². The Kier molecular flexibility index (Phi) is 4.97. The number of likely N-dealkylation sites (tertiary alicyclic amines) is 2. The molecule has 2 aliphatic rings. The monoisotopic (exact) mass is 286 g/mol. The third kappa shape index (κ3) is 4.08. The maximum Gasteiger partial charge on any atom is 0.0233 e. The average Bonchev–Trinajstić information content (AvgIpc) is 2.48. The summed E-state index contributed by atoms with van der Waals surface area (Å²) in [5, 5.41) is 0. The highest BCUT2D eigenvalue weighted by atomic mass is 15.2. The molecule has 21 heavy (non-hydrogen) atoms. The molecule has 2 fully saturated rings. The number of rotatable bonds is 3. The first kappa shape index (κ1) is 15.1. The Morgan fingerprint density at radius 2 is 1.57 bits per heavy atom. The van der Waals surface area contributed by atoms with Crippen molar-refractivity contribution in [3.8, 4) is 0 Å². The molecule has 2 heterocycles. The number of hydrogen-bond acceptors (Lipinski definition) is 2. The van der Waals surface area contributed by atoms with E-state index in [1.54, 1.807) is 0 Å². The lowest BCUT2D eigenvalue weighted by Crippen LogP contribution is -2.49. The fourth-order valence-corrected chi connectivity index (χ4v) is 4.29. The van der Waals surface area contributed by atoms with E-state index in [0.29, 0.717) is 0 Å². The van der Waals surface area contributed by atoms with E-state index < -0.39 is 0 Å². The van der Waals surface area contributed by atoms with E-state index in [1.165, 1.54) is 51.0 Å². The summed E-state index contributed by atoms with van der Waals surface area (Å²) in [6.07, 6.45) is 4.13. The minimum absolute atomic E-state index is 0.835. The summed E-state index contributed by atoms with van der Waals surface area (Å²) in [5.74, 6) is 1.77. The van der Waals surface area contributed by atoms with E-state index in [1.807, 2.05) is 0 Å². The zero-order chi connectivity index (χ0) is 14.7. The summed E-state index contributed by atoms with van der Waals surface area (Å²) in [6.45, 7) is 11.2. The van der Waals surface area contributed by atoms with Gasteiger partial charge in [-0.15, -0.1) is 0 Å². The standard InChI is InChI=1S/C19H30N2/c1-16-12-17(2)14-21(13-16)19-8-10-20(11-9-19)15-18-6-4-3-5-7-18/h3-7,16-17,19H,8-15H2,1-2H3/t16-,17-/m0/s1. The topological polar surface area (TPSA) is 6.48 Å². The van der Waals surface area contributed by atoms with Crippen molar-refractivity contribution in [1.29, 1.82) is 0 Å². The van der Waals surface area contributed by atoms with E-state index in [0.717, 1.165) is 24.4 Å². The van der Waals surface area contributed by atoms with Crippen LogP contribution in [0.4, 0.5) is 0 Å². The molecule has 3 rings (SSSR count). The summed E-state index contributed by atoms with van der Waals surface area (Å²) in [4.78, 5) is 5.42. The second-order valence-corrected chi connectivity index (χ2v) is 7.39. The van der Waals surface area contributed by atoms with Crippen LogP contribution in [0.3, 0.4) is 0 Å². The Morgan fingerprint density at radius 1 is 0.952 bits per heavy atom. The molecule has 0 aliphatic carbocycles. The second-order valence-electron chi connectivity index (χ2n) is 7.39. The Labute approximate surface area is 130 Å². The highest BCUT2D eigenvalue weighted by Gasteiger charge is 2.29. The van der Waals surface area contributed by atoms with Crippen LogP contribution >= 0.6 is 0 Å². The summed E-state index contributed by atoms with van der Waals surface area (Å²) >= 11 is 0. The van der Waals surface area contributed by atoms with E-state index >= 15 is 0 Å². The van der Waals surface area contributed by atoms with Crippen molar-refractivity contribution in [2.75, 3.05) is 26.2 Å². The lowest BCUT2D eigenvalue weighted by atomic mass is 9.89. The van der Waals surface area contributed by atoms with Crippen molar-refractivity contribution >= 4 is 0 Å². The van der Waals surface area contributed by atoms with Gasteiger partial charge in [-0.05, 0) is 49.8 Å². The van der Waals surface area contributed by atoms with Crippen LogP contribution in [0.2, 0.25) is 0 Å². The van der Waals surface area contributed by atoms with Crippen molar-refractivity contribution < 1.29 is 0 Å². The van der Waals surface area contributed by atoms with Crippen molar-refractivity contribution in [1.82, 2.24) is 9.80 Å². The second kappa shape index (κ2) is 6.93. The van der Waals surface area contributed by atoms with Gasteiger partial charge in [0.15, 0.2) is 0 Å². The molecule has 1 aromatic carbocycles. The molecule has 0 amide bonds. The van der Waals surface area contributed by atoms with Crippen molar-refractivity contribution in [3.63, 3.8) is 0 Å². The van der Waals surface area contributed by atoms with Crippen LogP contribution in [0, 0.1) is 11.8 Å². The maximum absolute atomic E-state index is 2.79. The number of benzene rings is 1. The Morgan fingerprint density at radius 3 is 2.19 bits per heavy atom. The summed E-state index contributed by atoms with van der Waals surface area (Å²) < 4.78 is 0. The van der Waals surface area contributed by atoms with Crippen LogP contribution in [0.15, 0.2) is 30.3 Å². The van der Waals surface area contributed by atoms with Gasteiger partial charge in [0.1, 0.15) is 0 Å². The highest BCUT2D eigenvalue weighted by Crippen LogP contribution is 2.26. The van der Waals surface area contributed by atoms with Crippen molar-refractivity contribution in [3.05, 3.63) is 35.9 Å². The van der Waals surface area contributed by atoms with Gasteiger partial charge in [0.2, 0.25) is 0 Å². The van der Waals surface area contributed by atoms with E-state index in [9.17, 15) is 0 Å². The number of hydrogen-bond donors (Lipinski definition) is 0. The Balaban J connectivity index is 1.48. The summed E-state index contributed by atoms with van der Waals surface area (Å²) in [6, 6.07) is 11.7. The van der Waals surface area contributed by atoms with E-state index in [4.69, 9.17) is 0 Å². The molecule has 0 saturated carbocycles. The first-order valence-electron chi connectivity index (χ1n) is 8.71. The van der Waals surface area contributed by atoms with Gasteiger partial charge in [-0.3, -0.25) is 9.80 Å².